The molecule has 3 aromatic rings. The van der Waals surface area contributed by atoms with Gasteiger partial charge in [0.15, 0.2) is 0 Å². The van der Waals surface area contributed by atoms with Crippen LogP contribution in [0.25, 0.3) is 11.4 Å². The maximum Gasteiger partial charge on any atom is 0.223 e. The van der Waals surface area contributed by atoms with Crippen molar-refractivity contribution in [2.75, 3.05) is 13.1 Å². The quantitative estimate of drug-likeness (QED) is 0.680. The first-order chi connectivity index (χ1) is 14.7. The van der Waals surface area contributed by atoms with Crippen LogP contribution in [0.4, 0.5) is 0 Å². The van der Waals surface area contributed by atoms with Gasteiger partial charge in [-0.15, -0.1) is 10.2 Å². The Morgan fingerprint density at radius 3 is 2.57 bits per heavy atom. The second kappa shape index (κ2) is 9.30. The van der Waals surface area contributed by atoms with E-state index >= 15 is 0 Å². The third-order valence-corrected chi connectivity index (χ3v) is 5.17. The van der Waals surface area contributed by atoms with Gasteiger partial charge in [0.25, 0.3) is 0 Å². The molecular formula is C22H24N6O2. The van der Waals surface area contributed by atoms with Gasteiger partial charge in [0, 0.05) is 25.1 Å². The zero-order chi connectivity index (χ0) is 20.8. The molecule has 0 saturated carbocycles. The summed E-state index contributed by atoms with van der Waals surface area (Å²) in [6.45, 7) is 1.48. The number of hydrogen-bond acceptors (Lipinski definition) is 5. The van der Waals surface area contributed by atoms with Crippen molar-refractivity contribution in [2.45, 2.75) is 31.8 Å². The highest BCUT2D eigenvalue weighted by Gasteiger charge is 2.29. The highest BCUT2D eigenvalue weighted by atomic mass is 16.2. The Hall–Kier alpha value is -3.55. The van der Waals surface area contributed by atoms with Crippen LogP contribution in [0.2, 0.25) is 0 Å². The van der Waals surface area contributed by atoms with Crippen LogP contribution < -0.4 is 5.32 Å². The van der Waals surface area contributed by atoms with Crippen molar-refractivity contribution in [3.8, 4) is 11.4 Å². The summed E-state index contributed by atoms with van der Waals surface area (Å²) in [5, 5.41) is 15.4. The molecule has 2 aromatic carbocycles. The van der Waals surface area contributed by atoms with E-state index in [0.717, 1.165) is 11.1 Å². The van der Waals surface area contributed by atoms with Crippen molar-refractivity contribution in [3.63, 3.8) is 0 Å². The van der Waals surface area contributed by atoms with E-state index in [1.54, 1.807) is 0 Å². The number of hydrogen-bond donors (Lipinski definition) is 1. The van der Waals surface area contributed by atoms with E-state index in [4.69, 9.17) is 0 Å². The topological polar surface area (TPSA) is 93.0 Å². The van der Waals surface area contributed by atoms with Gasteiger partial charge in [-0.05, 0) is 17.2 Å². The number of tetrazole rings is 1. The highest BCUT2D eigenvalue weighted by molar-refractivity contribution is 5.81. The monoisotopic (exact) mass is 404 g/mol. The maximum absolute atomic E-state index is 13.0. The second-order valence-corrected chi connectivity index (χ2v) is 7.25. The number of amides is 2. The van der Waals surface area contributed by atoms with E-state index < -0.39 is 0 Å². The van der Waals surface area contributed by atoms with Gasteiger partial charge in [-0.25, -0.2) is 0 Å². The maximum atomic E-state index is 13.0. The summed E-state index contributed by atoms with van der Waals surface area (Å²) < 4.78 is 0. The Morgan fingerprint density at radius 1 is 1.07 bits per heavy atom. The lowest BCUT2D eigenvalue weighted by atomic mass is 10.0. The van der Waals surface area contributed by atoms with Crippen molar-refractivity contribution < 1.29 is 9.59 Å². The fourth-order valence-corrected chi connectivity index (χ4v) is 3.66. The molecule has 1 N–H and O–H groups in total. The molecule has 0 aliphatic carbocycles. The van der Waals surface area contributed by atoms with Crippen LogP contribution in [-0.2, 0) is 16.1 Å². The fourth-order valence-electron chi connectivity index (χ4n) is 3.66. The molecule has 2 heterocycles. The molecule has 1 unspecified atom stereocenters. The fraction of sp³-hybridized carbons (Fsp3) is 0.318. The minimum Gasteiger partial charge on any atom is -0.354 e. The van der Waals surface area contributed by atoms with Crippen molar-refractivity contribution >= 4 is 11.8 Å². The summed E-state index contributed by atoms with van der Waals surface area (Å²) in [6.07, 6.45) is 1.24. The SMILES string of the molecule is O=C1CC(c2ccccc2)N(C(=O)CCCn2nnc(-c3ccccc3)n2)CCN1. The summed E-state index contributed by atoms with van der Waals surface area (Å²) in [5.41, 5.74) is 1.89. The summed E-state index contributed by atoms with van der Waals surface area (Å²) >= 11 is 0. The molecule has 8 heteroatoms. The first-order valence-electron chi connectivity index (χ1n) is 10.1. The molecule has 1 aliphatic heterocycles. The van der Waals surface area contributed by atoms with Crippen LogP contribution in [0.5, 0.6) is 0 Å². The molecule has 30 heavy (non-hydrogen) atoms. The molecule has 2 amide bonds. The van der Waals surface area contributed by atoms with Crippen molar-refractivity contribution in [3.05, 3.63) is 66.2 Å². The zero-order valence-corrected chi connectivity index (χ0v) is 16.6. The molecule has 8 nitrogen and oxygen atoms in total. The Labute approximate surface area is 174 Å². The lowest BCUT2D eigenvalue weighted by Gasteiger charge is -2.29. The largest absolute Gasteiger partial charge is 0.354 e. The van der Waals surface area contributed by atoms with E-state index in [0.29, 0.717) is 38.3 Å². The van der Waals surface area contributed by atoms with Gasteiger partial charge in [0.2, 0.25) is 17.6 Å². The first kappa shape index (κ1) is 19.8. The first-order valence-corrected chi connectivity index (χ1v) is 10.1. The zero-order valence-electron chi connectivity index (χ0n) is 16.6. The van der Waals surface area contributed by atoms with Crippen molar-refractivity contribution in [1.29, 1.82) is 0 Å². The van der Waals surface area contributed by atoms with E-state index in [-0.39, 0.29) is 24.3 Å². The average molecular weight is 404 g/mol. The van der Waals surface area contributed by atoms with Crippen LogP contribution >= 0.6 is 0 Å². The van der Waals surface area contributed by atoms with Gasteiger partial charge < -0.3 is 10.2 Å². The molecule has 1 atom stereocenters. The van der Waals surface area contributed by atoms with Gasteiger partial charge in [-0.2, -0.15) is 4.80 Å². The molecule has 4 rings (SSSR count). The highest BCUT2D eigenvalue weighted by Crippen LogP contribution is 2.26. The lowest BCUT2D eigenvalue weighted by molar-refractivity contribution is -0.134. The number of benzene rings is 2. The van der Waals surface area contributed by atoms with Crippen LogP contribution in [0.15, 0.2) is 60.7 Å². The lowest BCUT2D eigenvalue weighted by Crippen LogP contribution is -2.36. The Balaban J connectivity index is 1.38. The van der Waals surface area contributed by atoms with Crippen molar-refractivity contribution in [2.24, 2.45) is 0 Å². The minimum absolute atomic E-state index is 0.0283. The number of aryl methyl sites for hydroxylation is 1. The molecule has 0 bridgehead atoms. The summed E-state index contributed by atoms with van der Waals surface area (Å²) in [6, 6.07) is 19.2. The third kappa shape index (κ3) is 4.71. The number of nitrogens with zero attached hydrogens (tertiary/aromatic N) is 5. The Morgan fingerprint density at radius 2 is 1.80 bits per heavy atom. The van der Waals surface area contributed by atoms with Crippen molar-refractivity contribution in [1.82, 2.24) is 30.4 Å². The Bertz CT molecular complexity index is 989. The van der Waals surface area contributed by atoms with Crippen LogP contribution in [0.3, 0.4) is 0 Å². The number of carbonyl (C=O) groups excluding carboxylic acids is 2. The van der Waals surface area contributed by atoms with Gasteiger partial charge in [0.05, 0.1) is 19.0 Å². The molecule has 1 aliphatic rings. The van der Waals surface area contributed by atoms with Crippen LogP contribution in [-0.4, -0.2) is 50.0 Å². The van der Waals surface area contributed by atoms with E-state index in [1.807, 2.05) is 65.6 Å². The molecule has 1 fully saturated rings. The van der Waals surface area contributed by atoms with Gasteiger partial charge in [-0.3, -0.25) is 9.59 Å². The normalized spacial score (nSPS) is 16.7. The predicted molar refractivity (Wildman–Crippen MR) is 111 cm³/mol. The van der Waals surface area contributed by atoms with Crippen LogP contribution in [0.1, 0.15) is 30.9 Å². The number of carbonyl (C=O) groups is 2. The number of rotatable bonds is 6. The molecule has 0 radical (unpaired) electrons. The third-order valence-electron chi connectivity index (χ3n) is 5.17. The molecule has 1 aromatic heterocycles. The van der Waals surface area contributed by atoms with Gasteiger partial charge in [-0.1, -0.05) is 60.7 Å². The van der Waals surface area contributed by atoms with Gasteiger partial charge in [0.1, 0.15) is 0 Å². The van der Waals surface area contributed by atoms with Crippen LogP contribution in [0, 0.1) is 0 Å². The minimum atomic E-state index is -0.240. The average Bonchev–Trinajstić information content (AvgIpc) is 3.16. The predicted octanol–water partition coefficient (Wildman–Crippen LogP) is 2.21. The second-order valence-electron chi connectivity index (χ2n) is 7.25. The standard InChI is InChI=1S/C22H24N6O2/c29-20-16-19(17-8-3-1-4-9-17)27(15-13-23-20)21(30)12-7-14-28-25-22(24-26-28)18-10-5-2-6-11-18/h1-6,8-11,19H,7,12-16H2,(H,23,29). The molecule has 0 spiro atoms. The number of aromatic nitrogens is 4. The summed E-state index contributed by atoms with van der Waals surface area (Å²) in [7, 11) is 0. The van der Waals surface area contributed by atoms with E-state index in [1.165, 1.54) is 4.80 Å². The number of nitrogens with one attached hydrogen (secondary N) is 1. The van der Waals surface area contributed by atoms with Gasteiger partial charge >= 0.3 is 0 Å². The Kier molecular flexibility index (Phi) is 6.12. The van der Waals surface area contributed by atoms with E-state index in [2.05, 4.69) is 20.7 Å². The summed E-state index contributed by atoms with van der Waals surface area (Å²) in [4.78, 5) is 28.4. The summed E-state index contributed by atoms with van der Waals surface area (Å²) in [5.74, 6) is 0.575. The molecule has 154 valence electrons. The molecular weight excluding hydrogens is 380 g/mol. The smallest absolute Gasteiger partial charge is 0.223 e. The molecule has 1 saturated heterocycles. The van der Waals surface area contributed by atoms with E-state index in [9.17, 15) is 9.59 Å².